The SMILES string of the molecule is CC(C)SCC(N)c1ccc2c(c1)OCCO2. The number of thioether (sulfide) groups is 1. The van der Waals surface area contributed by atoms with Crippen LogP contribution in [0.2, 0.25) is 0 Å². The third-order valence-electron chi connectivity index (χ3n) is 2.60. The van der Waals surface area contributed by atoms with E-state index in [-0.39, 0.29) is 6.04 Å². The molecule has 0 aromatic heterocycles. The molecule has 1 unspecified atom stereocenters. The van der Waals surface area contributed by atoms with Gasteiger partial charge in [0.25, 0.3) is 0 Å². The molecule has 0 saturated heterocycles. The summed E-state index contributed by atoms with van der Waals surface area (Å²) in [6.45, 7) is 5.61. The smallest absolute Gasteiger partial charge is 0.161 e. The maximum Gasteiger partial charge on any atom is 0.161 e. The molecule has 1 atom stereocenters. The number of rotatable bonds is 4. The lowest BCUT2D eigenvalue weighted by Crippen LogP contribution is -2.18. The van der Waals surface area contributed by atoms with E-state index in [0.717, 1.165) is 22.8 Å². The van der Waals surface area contributed by atoms with Crippen molar-refractivity contribution in [3.8, 4) is 11.5 Å². The number of benzene rings is 1. The molecule has 0 saturated carbocycles. The molecule has 0 spiro atoms. The molecule has 0 radical (unpaired) electrons. The summed E-state index contributed by atoms with van der Waals surface area (Å²) in [5.74, 6) is 2.57. The molecule has 0 fully saturated rings. The standard InChI is InChI=1S/C13H19NO2S/c1-9(2)17-8-11(14)10-3-4-12-13(7-10)16-6-5-15-12/h3-4,7,9,11H,5-6,8,14H2,1-2H3. The molecule has 17 heavy (non-hydrogen) atoms. The Morgan fingerprint density at radius 1 is 1.24 bits per heavy atom. The van der Waals surface area contributed by atoms with Gasteiger partial charge in [-0.2, -0.15) is 11.8 Å². The van der Waals surface area contributed by atoms with Crippen molar-refractivity contribution in [2.75, 3.05) is 19.0 Å². The van der Waals surface area contributed by atoms with Crippen LogP contribution in [0.15, 0.2) is 18.2 Å². The van der Waals surface area contributed by atoms with Crippen LogP contribution in [-0.2, 0) is 0 Å². The Hall–Kier alpha value is -0.870. The summed E-state index contributed by atoms with van der Waals surface area (Å²) in [5.41, 5.74) is 7.27. The topological polar surface area (TPSA) is 44.5 Å². The van der Waals surface area contributed by atoms with Gasteiger partial charge in [0.05, 0.1) is 0 Å². The van der Waals surface area contributed by atoms with Crippen LogP contribution in [0.4, 0.5) is 0 Å². The van der Waals surface area contributed by atoms with E-state index in [4.69, 9.17) is 15.2 Å². The first-order valence-corrected chi connectivity index (χ1v) is 6.98. The third kappa shape index (κ3) is 3.30. The Kier molecular flexibility index (Phi) is 4.18. The van der Waals surface area contributed by atoms with Gasteiger partial charge >= 0.3 is 0 Å². The predicted octanol–water partition coefficient (Wildman–Crippen LogP) is 2.60. The van der Waals surface area contributed by atoms with E-state index in [1.165, 1.54) is 0 Å². The highest BCUT2D eigenvalue weighted by Gasteiger charge is 2.14. The summed E-state index contributed by atoms with van der Waals surface area (Å²) in [4.78, 5) is 0. The lowest BCUT2D eigenvalue weighted by Gasteiger charge is -2.20. The van der Waals surface area contributed by atoms with Gasteiger partial charge in [0, 0.05) is 11.8 Å². The van der Waals surface area contributed by atoms with Gasteiger partial charge in [-0.3, -0.25) is 0 Å². The summed E-state index contributed by atoms with van der Waals surface area (Å²) in [7, 11) is 0. The van der Waals surface area contributed by atoms with Crippen molar-refractivity contribution in [2.24, 2.45) is 5.73 Å². The highest BCUT2D eigenvalue weighted by atomic mass is 32.2. The number of hydrogen-bond acceptors (Lipinski definition) is 4. The van der Waals surface area contributed by atoms with Gasteiger partial charge in [0.2, 0.25) is 0 Å². The summed E-state index contributed by atoms with van der Waals surface area (Å²) >= 11 is 1.87. The predicted molar refractivity (Wildman–Crippen MR) is 72.0 cm³/mol. The lowest BCUT2D eigenvalue weighted by molar-refractivity contribution is 0.171. The molecular weight excluding hydrogens is 234 g/mol. The number of fused-ring (bicyclic) bond motifs is 1. The Morgan fingerprint density at radius 2 is 1.94 bits per heavy atom. The molecule has 0 aliphatic carbocycles. The van der Waals surface area contributed by atoms with Gasteiger partial charge in [-0.25, -0.2) is 0 Å². The van der Waals surface area contributed by atoms with E-state index in [1.807, 2.05) is 30.0 Å². The first-order chi connectivity index (χ1) is 8.16. The average molecular weight is 253 g/mol. The summed E-state index contributed by atoms with van der Waals surface area (Å²) in [6.07, 6.45) is 0. The van der Waals surface area contributed by atoms with E-state index in [1.54, 1.807) is 0 Å². The van der Waals surface area contributed by atoms with Crippen molar-refractivity contribution in [2.45, 2.75) is 25.1 Å². The van der Waals surface area contributed by atoms with Crippen molar-refractivity contribution in [3.05, 3.63) is 23.8 Å². The van der Waals surface area contributed by atoms with Gasteiger partial charge in [0.15, 0.2) is 11.5 Å². The zero-order valence-electron chi connectivity index (χ0n) is 10.3. The van der Waals surface area contributed by atoms with Gasteiger partial charge in [-0.15, -0.1) is 0 Å². The summed E-state index contributed by atoms with van der Waals surface area (Å²) in [6, 6.07) is 6.03. The van der Waals surface area contributed by atoms with Crippen LogP contribution in [-0.4, -0.2) is 24.2 Å². The molecule has 3 nitrogen and oxygen atoms in total. The first kappa shape index (κ1) is 12.6. The highest BCUT2D eigenvalue weighted by Crippen LogP contribution is 2.33. The summed E-state index contributed by atoms with van der Waals surface area (Å²) in [5, 5.41) is 0.610. The molecule has 0 bridgehead atoms. The fourth-order valence-electron chi connectivity index (χ4n) is 1.68. The molecule has 1 aromatic rings. The van der Waals surface area contributed by atoms with Gasteiger partial charge < -0.3 is 15.2 Å². The van der Waals surface area contributed by atoms with Crippen LogP contribution in [0.3, 0.4) is 0 Å². The minimum Gasteiger partial charge on any atom is -0.486 e. The average Bonchev–Trinajstić information content (AvgIpc) is 2.35. The van der Waals surface area contributed by atoms with Crippen LogP contribution in [0.1, 0.15) is 25.5 Å². The second-order valence-corrected chi connectivity index (χ2v) is 6.00. The first-order valence-electron chi connectivity index (χ1n) is 5.93. The van der Waals surface area contributed by atoms with Crippen molar-refractivity contribution in [1.29, 1.82) is 0 Å². The molecule has 1 aromatic carbocycles. The molecule has 2 N–H and O–H groups in total. The molecule has 1 aliphatic heterocycles. The molecule has 94 valence electrons. The molecule has 4 heteroatoms. The second kappa shape index (κ2) is 5.65. The molecule has 1 heterocycles. The fourth-order valence-corrected chi connectivity index (χ4v) is 2.47. The number of ether oxygens (including phenoxy) is 2. The summed E-state index contributed by atoms with van der Waals surface area (Å²) < 4.78 is 11.0. The van der Waals surface area contributed by atoms with E-state index in [0.29, 0.717) is 18.5 Å². The largest absolute Gasteiger partial charge is 0.486 e. The zero-order chi connectivity index (χ0) is 12.3. The second-order valence-electron chi connectivity index (χ2n) is 4.39. The number of nitrogens with two attached hydrogens (primary N) is 1. The van der Waals surface area contributed by atoms with Crippen LogP contribution < -0.4 is 15.2 Å². The maximum absolute atomic E-state index is 6.16. The normalized spacial score (nSPS) is 16.0. The quantitative estimate of drug-likeness (QED) is 0.896. The van der Waals surface area contributed by atoms with E-state index >= 15 is 0 Å². The fraction of sp³-hybridized carbons (Fsp3) is 0.538. The van der Waals surface area contributed by atoms with Crippen LogP contribution >= 0.6 is 11.8 Å². The minimum atomic E-state index is 0.0539. The van der Waals surface area contributed by atoms with E-state index < -0.39 is 0 Å². The van der Waals surface area contributed by atoms with Crippen molar-refractivity contribution < 1.29 is 9.47 Å². The van der Waals surface area contributed by atoms with Crippen LogP contribution in [0, 0.1) is 0 Å². The van der Waals surface area contributed by atoms with Crippen LogP contribution in [0.5, 0.6) is 11.5 Å². The molecule has 0 amide bonds. The highest BCUT2D eigenvalue weighted by molar-refractivity contribution is 7.99. The maximum atomic E-state index is 6.16. The van der Waals surface area contributed by atoms with Gasteiger partial charge in [-0.1, -0.05) is 19.9 Å². The molecule has 2 rings (SSSR count). The van der Waals surface area contributed by atoms with Gasteiger partial charge in [0.1, 0.15) is 13.2 Å². The Morgan fingerprint density at radius 3 is 2.65 bits per heavy atom. The third-order valence-corrected chi connectivity index (χ3v) is 3.82. The van der Waals surface area contributed by atoms with Crippen molar-refractivity contribution in [1.82, 2.24) is 0 Å². The van der Waals surface area contributed by atoms with Crippen molar-refractivity contribution in [3.63, 3.8) is 0 Å². The Balaban J connectivity index is 2.05. The molecule has 1 aliphatic rings. The lowest BCUT2D eigenvalue weighted by atomic mass is 10.1. The Labute approximate surface area is 107 Å². The van der Waals surface area contributed by atoms with E-state index in [9.17, 15) is 0 Å². The van der Waals surface area contributed by atoms with E-state index in [2.05, 4.69) is 13.8 Å². The Bertz CT molecular complexity index is 382. The van der Waals surface area contributed by atoms with Crippen molar-refractivity contribution >= 4 is 11.8 Å². The van der Waals surface area contributed by atoms with Crippen LogP contribution in [0.25, 0.3) is 0 Å². The van der Waals surface area contributed by atoms with Gasteiger partial charge in [-0.05, 0) is 22.9 Å². The number of hydrogen-bond donors (Lipinski definition) is 1. The zero-order valence-corrected chi connectivity index (χ0v) is 11.1. The minimum absolute atomic E-state index is 0.0539. The monoisotopic (exact) mass is 253 g/mol. The molecular formula is C13H19NO2S.